The van der Waals surface area contributed by atoms with Gasteiger partial charge in [0.1, 0.15) is 5.82 Å². The number of hydrogen-bond donors (Lipinski definition) is 4. The van der Waals surface area contributed by atoms with Gasteiger partial charge >= 0.3 is 5.97 Å². The lowest BCUT2D eigenvalue weighted by Crippen LogP contribution is -2.22. The highest BCUT2D eigenvalue weighted by atomic mass is 19.1. The summed E-state index contributed by atoms with van der Waals surface area (Å²) in [7, 11) is 0. The van der Waals surface area contributed by atoms with Gasteiger partial charge in [0.15, 0.2) is 1.41 Å². The van der Waals surface area contributed by atoms with Crippen LogP contribution in [-0.4, -0.2) is 44.0 Å². The number of aliphatic hydroxyl groups is 2. The van der Waals surface area contributed by atoms with E-state index in [1.165, 1.54) is 12.1 Å². The minimum Gasteiger partial charge on any atom is -0.481 e. The first kappa shape index (κ1) is 26.9. The van der Waals surface area contributed by atoms with Gasteiger partial charge in [0.25, 0.3) is 7.34 Å². The van der Waals surface area contributed by atoms with Crippen molar-refractivity contribution in [3.05, 3.63) is 102 Å². The molecule has 0 radical (unpaired) electrons. The number of aliphatic hydroxyl groups excluding tert-OH is 2. The number of carboxylic acid groups (broad SMARTS) is 1. The lowest BCUT2D eigenvalue weighted by atomic mass is 9.94. The van der Waals surface area contributed by atoms with Gasteiger partial charge in [-0.25, -0.2) is 4.39 Å². The largest absolute Gasteiger partial charge is 0.481 e. The Morgan fingerprint density at radius 3 is 2.17 bits per heavy atom. The number of halogens is 1. The highest BCUT2D eigenvalue weighted by molar-refractivity contribution is 6.12. The van der Waals surface area contributed by atoms with Crippen molar-refractivity contribution in [1.29, 1.82) is 1.43 Å². The Hall–Kier alpha value is -4.27. The molecule has 0 fully saturated rings. The van der Waals surface area contributed by atoms with Gasteiger partial charge in [0.05, 0.1) is 29.9 Å². The number of carbonyl (C=O) groups is 2. The third-order valence-corrected chi connectivity index (χ3v) is 6.86. The smallest absolute Gasteiger partial charge is 0.305 e. The second-order valence-electron chi connectivity index (χ2n) is 10.3. The van der Waals surface area contributed by atoms with Crippen LogP contribution in [0.2, 0.25) is 1.41 Å². The Labute approximate surface area is 241 Å². The molecule has 4 rings (SSSR count). The van der Waals surface area contributed by atoms with Crippen LogP contribution in [0.5, 0.6) is 0 Å². The van der Waals surface area contributed by atoms with Crippen LogP contribution in [0.3, 0.4) is 0 Å². The van der Waals surface area contributed by atoms with Crippen molar-refractivity contribution >= 4 is 17.6 Å². The number of hydrogen-bond acceptors (Lipinski definition) is 5. The van der Waals surface area contributed by atoms with Crippen molar-refractivity contribution in [3.8, 4) is 22.4 Å². The summed E-state index contributed by atoms with van der Waals surface area (Å²) >= 11 is 0. The zero-order chi connectivity index (χ0) is 31.1. The van der Waals surface area contributed by atoms with E-state index in [-0.39, 0.29) is 25.3 Å². The molecule has 1 amide bonds. The number of nitrogens with zero attached hydrogens (tertiary/aromatic N) is 1. The molecule has 0 aliphatic rings. The van der Waals surface area contributed by atoms with Crippen LogP contribution in [-0.2, 0) is 11.3 Å². The molecule has 1 aromatic heterocycles. The molecule has 4 N–H and O–H groups in total. The lowest BCUT2D eigenvalue weighted by Gasteiger charge is -2.20. The van der Waals surface area contributed by atoms with E-state index in [2.05, 4.69) is 5.11 Å². The maximum atomic E-state index is 14.3. The van der Waals surface area contributed by atoms with Crippen LogP contribution in [0, 0.1) is 5.82 Å². The van der Waals surface area contributed by atoms with Crippen LogP contribution in [0.25, 0.3) is 23.8 Å². The SMILES string of the molecule is [2H]OC(=O)C[C@@H](O)C[C@@H](O)CCn1c(-c2ccc(F)cc2)c(-c2ccccc2)c(C(=O)N([2H])c2ccccc2)c1C(C)C. The number of rotatable bonds is 12. The number of amides is 1. The van der Waals surface area contributed by atoms with Crippen molar-refractivity contribution in [3.63, 3.8) is 0 Å². The Bertz CT molecular complexity index is 1530. The van der Waals surface area contributed by atoms with Crippen LogP contribution in [0.4, 0.5) is 10.1 Å². The minimum atomic E-state index is -1.20. The van der Waals surface area contributed by atoms with Gasteiger partial charge in [-0.1, -0.05) is 62.4 Å². The van der Waals surface area contributed by atoms with E-state index in [4.69, 9.17) is 2.84 Å². The van der Waals surface area contributed by atoms with Gasteiger partial charge in [0, 0.05) is 23.5 Å². The van der Waals surface area contributed by atoms with Gasteiger partial charge in [0.2, 0.25) is 0 Å². The molecule has 8 heteroatoms. The zero-order valence-electron chi connectivity index (χ0n) is 25.0. The maximum absolute atomic E-state index is 14.3. The molecule has 0 saturated heterocycles. The topological polar surface area (TPSA) is 112 Å². The summed E-state index contributed by atoms with van der Waals surface area (Å²) in [6.45, 7) is 4.10. The summed E-state index contributed by atoms with van der Waals surface area (Å²) in [6.07, 6.45) is -2.60. The second-order valence-corrected chi connectivity index (χ2v) is 10.3. The Balaban J connectivity index is 1.90. The summed E-state index contributed by atoms with van der Waals surface area (Å²) in [5.74, 6) is -2.06. The average molecular weight is 561 g/mol. The fourth-order valence-corrected chi connectivity index (χ4v) is 5.14. The molecule has 0 aliphatic carbocycles. The van der Waals surface area contributed by atoms with Crippen LogP contribution < -0.4 is 5.31 Å². The van der Waals surface area contributed by atoms with E-state index in [0.29, 0.717) is 33.8 Å². The Morgan fingerprint density at radius 2 is 1.56 bits per heavy atom. The summed E-state index contributed by atoms with van der Waals surface area (Å²) in [5, 5.41) is 25.7. The summed E-state index contributed by atoms with van der Waals surface area (Å²) < 4.78 is 31.5. The van der Waals surface area contributed by atoms with Crippen molar-refractivity contribution in [2.75, 3.05) is 5.31 Å². The molecule has 41 heavy (non-hydrogen) atoms. The number of benzene rings is 3. The third-order valence-electron chi connectivity index (χ3n) is 6.86. The van der Waals surface area contributed by atoms with Crippen LogP contribution >= 0.6 is 0 Å². The molecule has 0 aliphatic heterocycles. The number of aliphatic carboxylic acids is 1. The van der Waals surface area contributed by atoms with E-state index in [9.17, 15) is 24.2 Å². The normalized spacial score (nSPS) is 13.3. The van der Waals surface area contributed by atoms with Gasteiger partial charge < -0.3 is 25.2 Å². The molecule has 4 aromatic rings. The van der Waals surface area contributed by atoms with Gasteiger partial charge in [-0.2, -0.15) is 0 Å². The number of anilines is 1. The van der Waals surface area contributed by atoms with E-state index in [1.54, 1.807) is 42.5 Å². The molecule has 0 spiro atoms. The van der Waals surface area contributed by atoms with E-state index >= 15 is 0 Å². The molecule has 2 atom stereocenters. The fourth-order valence-electron chi connectivity index (χ4n) is 5.14. The average Bonchev–Trinajstić information content (AvgIpc) is 3.35. The molecule has 0 unspecified atom stereocenters. The highest BCUT2D eigenvalue weighted by Crippen LogP contribution is 2.42. The molecule has 0 saturated carbocycles. The number of carboxylic acids is 1. The van der Waals surface area contributed by atoms with Crippen LogP contribution in [0.1, 0.15) is 55.1 Å². The van der Waals surface area contributed by atoms with E-state index < -0.39 is 36.3 Å². The zero-order valence-corrected chi connectivity index (χ0v) is 23.0. The standard InChI is InChI=1S/C33H35FN2O5/c1-21(2)31-30(33(41)35-25-11-7-4-8-12-25)29(22-9-5-3-6-10-22)32(23-13-15-24(34)16-14-23)36(31)18-17-26(37)19-27(38)20-28(39)40/h3-16,21,26-27,37-38H,17-20H2,1-2H3,(H,35,41)(H,39,40)/t26-,27-/m0/s1/i/hD2. The van der Waals surface area contributed by atoms with E-state index in [1.807, 2.05) is 48.7 Å². The summed E-state index contributed by atoms with van der Waals surface area (Å²) in [5.41, 5.74) is 3.95. The summed E-state index contributed by atoms with van der Waals surface area (Å²) in [4.78, 5) is 25.6. The van der Waals surface area contributed by atoms with Crippen molar-refractivity contribution in [1.82, 2.24) is 4.57 Å². The Kier molecular flexibility index (Phi) is 8.79. The molecule has 1 heterocycles. The quantitative estimate of drug-likeness (QED) is 0.162. The predicted molar refractivity (Wildman–Crippen MR) is 157 cm³/mol. The van der Waals surface area contributed by atoms with Gasteiger partial charge in [-0.05, 0) is 66.3 Å². The lowest BCUT2D eigenvalue weighted by molar-refractivity contribution is -0.139. The molecular weight excluding hydrogens is 523 g/mol. The number of nitrogens with one attached hydrogen (secondary N) is 1. The van der Waals surface area contributed by atoms with Crippen molar-refractivity contribution in [2.45, 2.75) is 57.8 Å². The van der Waals surface area contributed by atoms with Crippen molar-refractivity contribution in [2.24, 2.45) is 0 Å². The molecule has 214 valence electrons. The van der Waals surface area contributed by atoms with Crippen molar-refractivity contribution < 1.29 is 30.7 Å². The molecule has 0 bridgehead atoms. The Morgan fingerprint density at radius 1 is 0.927 bits per heavy atom. The monoisotopic (exact) mass is 560 g/mol. The minimum absolute atomic E-state index is 0.120. The molecular formula is C33H35FN2O5. The summed E-state index contributed by atoms with van der Waals surface area (Å²) in [6, 6.07) is 23.9. The first-order valence-corrected chi connectivity index (χ1v) is 13.6. The third kappa shape index (κ3) is 7.28. The van der Waals surface area contributed by atoms with Gasteiger partial charge in [-0.15, -0.1) is 0 Å². The predicted octanol–water partition coefficient (Wildman–Crippen LogP) is 6.31. The molecule has 3 aromatic carbocycles. The fraction of sp³-hybridized carbons (Fsp3) is 0.273. The first-order chi connectivity index (χ1) is 20.6. The molecule has 7 nitrogen and oxygen atoms in total. The highest BCUT2D eigenvalue weighted by Gasteiger charge is 2.31. The van der Waals surface area contributed by atoms with Gasteiger partial charge in [-0.3, -0.25) is 9.59 Å². The van der Waals surface area contributed by atoms with Crippen LogP contribution in [0.15, 0.2) is 84.9 Å². The number of carbonyl (C=O) groups excluding carboxylic acids is 1. The maximum Gasteiger partial charge on any atom is 0.305 e. The number of aromatic nitrogens is 1. The number of para-hydroxylation sites is 1. The first-order valence-electron chi connectivity index (χ1n) is 14.5. The van der Waals surface area contributed by atoms with E-state index in [0.717, 1.165) is 10.9 Å². The second kappa shape index (κ2) is 13.4.